The van der Waals surface area contributed by atoms with Crippen LogP contribution in [0.15, 0.2) is 58.2 Å². The maximum Gasteiger partial charge on any atom is 0.262 e. The van der Waals surface area contributed by atoms with Crippen molar-refractivity contribution in [2.24, 2.45) is 0 Å². The number of amides is 4. The first-order valence-corrected chi connectivity index (χ1v) is 9.53. The number of carbonyl (C=O) groups excluding carboxylic acids is 4. The number of oxazole rings is 1. The van der Waals surface area contributed by atoms with E-state index in [1.807, 2.05) is 12.1 Å². The van der Waals surface area contributed by atoms with Crippen LogP contribution in [0.2, 0.25) is 0 Å². The lowest BCUT2D eigenvalue weighted by Gasteiger charge is -2.13. The fraction of sp³-hybridized carbons (Fsp3) is 0.105. The molecule has 2 aromatic carbocycles. The van der Waals surface area contributed by atoms with Crippen LogP contribution < -0.4 is 10.9 Å². The van der Waals surface area contributed by atoms with E-state index in [1.54, 1.807) is 24.3 Å². The molecule has 2 N–H and O–H groups in total. The van der Waals surface area contributed by atoms with Crippen molar-refractivity contribution in [3.63, 3.8) is 0 Å². The standard InChI is InChI=1S/C19H14N4O5S/c24-15(9-23-17(26)11-5-1-2-6-12(11)18(23)27)21-22-16(25)10-29-19-20-13-7-3-4-8-14(13)28-19/h1-8H,9-10H2,(H,21,24)(H,22,25). The monoisotopic (exact) mass is 410 g/mol. The molecule has 0 aliphatic carbocycles. The van der Waals surface area contributed by atoms with Gasteiger partial charge in [0.15, 0.2) is 5.58 Å². The zero-order valence-electron chi connectivity index (χ0n) is 14.9. The molecule has 9 nitrogen and oxygen atoms in total. The van der Waals surface area contributed by atoms with Gasteiger partial charge in [-0.2, -0.15) is 0 Å². The fourth-order valence-electron chi connectivity index (χ4n) is 2.78. The summed E-state index contributed by atoms with van der Waals surface area (Å²) in [6, 6.07) is 13.5. The molecule has 0 radical (unpaired) electrons. The van der Waals surface area contributed by atoms with Gasteiger partial charge in [-0.15, -0.1) is 0 Å². The van der Waals surface area contributed by atoms with Crippen LogP contribution in [0.4, 0.5) is 0 Å². The van der Waals surface area contributed by atoms with Gasteiger partial charge in [-0.25, -0.2) is 4.98 Å². The Kier molecular flexibility index (Phi) is 5.00. The molecule has 1 aromatic heterocycles. The molecule has 4 amide bonds. The van der Waals surface area contributed by atoms with E-state index >= 15 is 0 Å². The first kappa shape index (κ1) is 18.7. The number of benzene rings is 2. The summed E-state index contributed by atoms with van der Waals surface area (Å²) in [7, 11) is 0. The molecule has 1 aliphatic rings. The van der Waals surface area contributed by atoms with Crippen molar-refractivity contribution >= 4 is 46.5 Å². The zero-order chi connectivity index (χ0) is 20.4. The summed E-state index contributed by atoms with van der Waals surface area (Å²) in [4.78, 5) is 53.5. The lowest BCUT2D eigenvalue weighted by atomic mass is 10.1. The predicted molar refractivity (Wildman–Crippen MR) is 103 cm³/mol. The molecular formula is C19H14N4O5S. The number of para-hydroxylation sites is 2. The van der Waals surface area contributed by atoms with Crippen LogP contribution in [-0.4, -0.2) is 45.8 Å². The fourth-order valence-corrected chi connectivity index (χ4v) is 3.42. The summed E-state index contributed by atoms with van der Waals surface area (Å²) in [5.74, 6) is -2.31. The molecule has 0 fully saturated rings. The second-order valence-corrected chi connectivity index (χ2v) is 7.00. The van der Waals surface area contributed by atoms with Gasteiger partial charge in [0.1, 0.15) is 12.1 Å². The lowest BCUT2D eigenvalue weighted by Crippen LogP contribution is -2.48. The molecule has 0 bridgehead atoms. The molecule has 0 unspecified atom stereocenters. The summed E-state index contributed by atoms with van der Waals surface area (Å²) in [6.45, 7) is -0.495. The Morgan fingerprint density at radius 1 is 0.931 bits per heavy atom. The number of hydrazine groups is 1. The van der Waals surface area contributed by atoms with E-state index in [9.17, 15) is 19.2 Å². The number of nitrogens with one attached hydrogen (secondary N) is 2. The van der Waals surface area contributed by atoms with Crippen LogP contribution in [0.5, 0.6) is 0 Å². The van der Waals surface area contributed by atoms with E-state index in [0.717, 1.165) is 16.7 Å². The molecule has 4 rings (SSSR count). The Balaban J connectivity index is 1.26. The van der Waals surface area contributed by atoms with Gasteiger partial charge in [-0.05, 0) is 24.3 Å². The second-order valence-electron chi connectivity index (χ2n) is 6.07. The third-order valence-electron chi connectivity index (χ3n) is 4.12. The number of hydrogen-bond donors (Lipinski definition) is 2. The highest BCUT2D eigenvalue weighted by molar-refractivity contribution is 7.99. The molecule has 29 heavy (non-hydrogen) atoms. The van der Waals surface area contributed by atoms with Crippen LogP contribution in [0.25, 0.3) is 11.1 Å². The van der Waals surface area contributed by atoms with E-state index in [2.05, 4.69) is 15.8 Å². The number of fused-ring (bicyclic) bond motifs is 2. The van der Waals surface area contributed by atoms with Crippen molar-refractivity contribution in [1.82, 2.24) is 20.7 Å². The van der Waals surface area contributed by atoms with Crippen molar-refractivity contribution in [1.29, 1.82) is 0 Å². The number of aromatic nitrogens is 1. The van der Waals surface area contributed by atoms with Gasteiger partial charge in [-0.3, -0.25) is 34.9 Å². The number of carbonyl (C=O) groups is 4. The Labute approximate surface area is 168 Å². The summed E-state index contributed by atoms with van der Waals surface area (Å²) in [5, 5.41) is 0.332. The highest BCUT2D eigenvalue weighted by atomic mass is 32.2. The van der Waals surface area contributed by atoms with Crippen molar-refractivity contribution in [3.05, 3.63) is 59.7 Å². The molecule has 0 spiro atoms. The van der Waals surface area contributed by atoms with Gasteiger partial charge in [0.25, 0.3) is 22.9 Å². The zero-order valence-corrected chi connectivity index (χ0v) is 15.7. The molecule has 0 saturated carbocycles. The van der Waals surface area contributed by atoms with Crippen molar-refractivity contribution in [2.45, 2.75) is 5.22 Å². The van der Waals surface area contributed by atoms with Gasteiger partial charge in [-0.1, -0.05) is 36.0 Å². The predicted octanol–water partition coefficient (Wildman–Crippen LogP) is 1.36. The van der Waals surface area contributed by atoms with E-state index in [-0.39, 0.29) is 16.9 Å². The number of hydrogen-bond acceptors (Lipinski definition) is 7. The van der Waals surface area contributed by atoms with Crippen molar-refractivity contribution in [3.8, 4) is 0 Å². The Hall–Kier alpha value is -3.66. The van der Waals surface area contributed by atoms with E-state index in [1.165, 1.54) is 12.1 Å². The molecule has 10 heteroatoms. The number of rotatable bonds is 5. The largest absolute Gasteiger partial charge is 0.431 e. The summed E-state index contributed by atoms with van der Waals surface area (Å²) in [6.07, 6.45) is 0. The van der Waals surface area contributed by atoms with Crippen LogP contribution in [0.1, 0.15) is 20.7 Å². The van der Waals surface area contributed by atoms with Crippen LogP contribution in [-0.2, 0) is 9.59 Å². The van der Waals surface area contributed by atoms with Gasteiger partial charge in [0.05, 0.1) is 16.9 Å². The number of thioether (sulfide) groups is 1. The maximum atomic E-state index is 12.2. The van der Waals surface area contributed by atoms with Crippen LogP contribution >= 0.6 is 11.8 Å². The highest BCUT2D eigenvalue weighted by Gasteiger charge is 2.36. The molecule has 1 aliphatic heterocycles. The summed E-state index contributed by atoms with van der Waals surface area (Å²) < 4.78 is 5.49. The first-order valence-electron chi connectivity index (χ1n) is 8.54. The minimum atomic E-state index is -0.695. The molecule has 3 aromatic rings. The van der Waals surface area contributed by atoms with E-state index in [4.69, 9.17) is 4.42 Å². The molecule has 146 valence electrons. The highest BCUT2D eigenvalue weighted by Crippen LogP contribution is 2.23. The van der Waals surface area contributed by atoms with E-state index < -0.39 is 30.2 Å². The van der Waals surface area contributed by atoms with Crippen molar-refractivity contribution in [2.75, 3.05) is 12.3 Å². The average Bonchev–Trinajstić information content (AvgIpc) is 3.25. The van der Waals surface area contributed by atoms with Gasteiger partial charge in [0, 0.05) is 0 Å². The van der Waals surface area contributed by atoms with E-state index in [0.29, 0.717) is 16.3 Å². The smallest absolute Gasteiger partial charge is 0.262 e. The number of nitrogens with zero attached hydrogens (tertiary/aromatic N) is 2. The third-order valence-corrected chi connectivity index (χ3v) is 4.95. The topological polar surface area (TPSA) is 122 Å². The van der Waals surface area contributed by atoms with Gasteiger partial charge in [0.2, 0.25) is 5.91 Å². The van der Waals surface area contributed by atoms with Crippen LogP contribution in [0.3, 0.4) is 0 Å². The Morgan fingerprint density at radius 3 is 2.24 bits per heavy atom. The van der Waals surface area contributed by atoms with Crippen molar-refractivity contribution < 1.29 is 23.6 Å². The quantitative estimate of drug-likeness (QED) is 0.370. The Bertz CT molecular complexity index is 1070. The first-order chi connectivity index (χ1) is 14.0. The Morgan fingerprint density at radius 2 is 1.55 bits per heavy atom. The molecular weight excluding hydrogens is 396 g/mol. The van der Waals surface area contributed by atoms with Gasteiger partial charge >= 0.3 is 0 Å². The third kappa shape index (κ3) is 3.83. The summed E-state index contributed by atoms with van der Waals surface area (Å²) in [5.41, 5.74) is 6.23. The van der Waals surface area contributed by atoms with Crippen LogP contribution in [0, 0.1) is 0 Å². The number of imide groups is 1. The SMILES string of the molecule is O=C(CSc1nc2ccccc2o1)NNC(=O)CN1C(=O)c2ccccc2C1=O. The minimum absolute atomic E-state index is 0.0415. The maximum absolute atomic E-state index is 12.2. The lowest BCUT2D eigenvalue weighted by molar-refractivity contribution is -0.127. The van der Waals surface area contributed by atoms with Gasteiger partial charge < -0.3 is 4.42 Å². The second kappa shape index (κ2) is 7.76. The summed E-state index contributed by atoms with van der Waals surface area (Å²) >= 11 is 1.07. The molecule has 0 saturated heterocycles. The molecule has 0 atom stereocenters. The molecule has 2 heterocycles. The normalized spacial score (nSPS) is 12.9. The average molecular weight is 410 g/mol. The minimum Gasteiger partial charge on any atom is -0.431 e.